The summed E-state index contributed by atoms with van der Waals surface area (Å²) in [6.45, 7) is 0. The van der Waals surface area contributed by atoms with Crippen LogP contribution in [0.4, 0.5) is 0 Å². The average molecular weight is 688 g/mol. The topological polar surface area (TPSA) is 30.7 Å². The molecular formula is C51H33N3. The summed E-state index contributed by atoms with van der Waals surface area (Å²) in [5.41, 5.74) is 15.2. The maximum atomic E-state index is 5.47. The molecule has 0 aliphatic heterocycles. The van der Waals surface area contributed by atoms with Crippen LogP contribution in [0.2, 0.25) is 0 Å². The molecule has 10 aromatic rings. The number of nitrogens with zero attached hydrogens (tertiary/aromatic N) is 3. The van der Waals surface area contributed by atoms with Crippen LogP contribution in [-0.4, -0.2) is 14.5 Å². The molecule has 3 heteroatoms. The number of hydrogen-bond acceptors (Lipinski definition) is 2. The van der Waals surface area contributed by atoms with E-state index in [1.165, 1.54) is 49.7 Å². The maximum Gasteiger partial charge on any atom is 0.165 e. The lowest BCUT2D eigenvalue weighted by Gasteiger charge is -2.34. The zero-order valence-corrected chi connectivity index (χ0v) is 29.4. The van der Waals surface area contributed by atoms with E-state index in [4.69, 9.17) is 9.97 Å². The molecule has 0 saturated heterocycles. The molecule has 0 spiro atoms. The minimum Gasteiger partial charge on any atom is -0.292 e. The van der Waals surface area contributed by atoms with Crippen LogP contribution < -0.4 is 0 Å². The monoisotopic (exact) mass is 687 g/mol. The van der Waals surface area contributed by atoms with Gasteiger partial charge in [0.25, 0.3) is 0 Å². The number of hydrogen-bond donors (Lipinski definition) is 0. The summed E-state index contributed by atoms with van der Waals surface area (Å²) in [7, 11) is 0. The molecule has 0 bridgehead atoms. The van der Waals surface area contributed by atoms with Crippen molar-refractivity contribution < 1.29 is 0 Å². The number of para-hydroxylation sites is 2. The van der Waals surface area contributed by atoms with Crippen LogP contribution in [0.5, 0.6) is 0 Å². The molecule has 8 aromatic carbocycles. The van der Waals surface area contributed by atoms with Crippen LogP contribution in [-0.2, 0) is 5.41 Å². The third-order valence-electron chi connectivity index (χ3n) is 11.3. The van der Waals surface area contributed by atoms with Gasteiger partial charge in [-0.05, 0) is 68.8 Å². The lowest BCUT2D eigenvalue weighted by molar-refractivity contribution is 0.769. The van der Waals surface area contributed by atoms with Gasteiger partial charge in [-0.1, -0.05) is 176 Å². The number of benzene rings is 8. The molecule has 252 valence electrons. The molecule has 0 fully saturated rings. The SMILES string of the molecule is c1ccc(-c2ccc3c4ccc(C5(c6ccccc6)c6ccccc6-c6ccccc65)cc4n(-c4nc5ccccc5nc4-c4ccccc4)c3c2)cc1. The summed E-state index contributed by atoms with van der Waals surface area (Å²) in [4.78, 5) is 10.8. The third kappa shape index (κ3) is 4.42. The molecule has 11 rings (SSSR count). The van der Waals surface area contributed by atoms with Crippen molar-refractivity contribution in [1.82, 2.24) is 14.5 Å². The molecule has 0 radical (unpaired) electrons. The first kappa shape index (κ1) is 30.5. The molecule has 54 heavy (non-hydrogen) atoms. The summed E-state index contributed by atoms with van der Waals surface area (Å²) in [5, 5.41) is 2.34. The van der Waals surface area contributed by atoms with E-state index in [9.17, 15) is 0 Å². The van der Waals surface area contributed by atoms with E-state index in [1.807, 2.05) is 12.1 Å². The Bertz CT molecular complexity index is 2990. The Balaban J connectivity index is 1.29. The van der Waals surface area contributed by atoms with Crippen LogP contribution in [0.15, 0.2) is 200 Å². The molecular weight excluding hydrogens is 655 g/mol. The van der Waals surface area contributed by atoms with Crippen molar-refractivity contribution in [2.45, 2.75) is 5.41 Å². The predicted molar refractivity (Wildman–Crippen MR) is 222 cm³/mol. The van der Waals surface area contributed by atoms with Gasteiger partial charge in [-0.3, -0.25) is 4.57 Å². The molecule has 2 heterocycles. The molecule has 0 saturated carbocycles. The minimum absolute atomic E-state index is 0.531. The van der Waals surface area contributed by atoms with Crippen LogP contribution in [0, 0.1) is 0 Å². The zero-order valence-electron chi connectivity index (χ0n) is 29.4. The van der Waals surface area contributed by atoms with Gasteiger partial charge < -0.3 is 0 Å². The third-order valence-corrected chi connectivity index (χ3v) is 11.3. The number of aromatic nitrogens is 3. The average Bonchev–Trinajstić information content (AvgIpc) is 3.74. The van der Waals surface area contributed by atoms with E-state index >= 15 is 0 Å². The van der Waals surface area contributed by atoms with Crippen LogP contribution in [0.1, 0.15) is 22.3 Å². The fourth-order valence-electron chi connectivity index (χ4n) is 8.94. The first-order valence-corrected chi connectivity index (χ1v) is 18.5. The van der Waals surface area contributed by atoms with E-state index < -0.39 is 5.41 Å². The maximum absolute atomic E-state index is 5.47. The van der Waals surface area contributed by atoms with Gasteiger partial charge in [-0.2, -0.15) is 0 Å². The van der Waals surface area contributed by atoms with Gasteiger partial charge >= 0.3 is 0 Å². The smallest absolute Gasteiger partial charge is 0.165 e. The lowest BCUT2D eigenvalue weighted by Crippen LogP contribution is -2.28. The largest absolute Gasteiger partial charge is 0.292 e. The van der Waals surface area contributed by atoms with Gasteiger partial charge in [0, 0.05) is 16.3 Å². The van der Waals surface area contributed by atoms with Gasteiger partial charge in [0.05, 0.1) is 27.5 Å². The van der Waals surface area contributed by atoms with Gasteiger partial charge in [0.15, 0.2) is 5.82 Å². The molecule has 3 nitrogen and oxygen atoms in total. The highest BCUT2D eigenvalue weighted by atomic mass is 15.1. The second-order valence-electron chi connectivity index (χ2n) is 14.1. The Labute approximate surface area is 313 Å². The number of rotatable bonds is 5. The van der Waals surface area contributed by atoms with Crippen LogP contribution >= 0.6 is 0 Å². The Morgan fingerprint density at radius 1 is 0.370 bits per heavy atom. The zero-order chi connectivity index (χ0) is 35.6. The second-order valence-corrected chi connectivity index (χ2v) is 14.1. The summed E-state index contributed by atoms with van der Waals surface area (Å²) in [6, 6.07) is 72.1. The minimum atomic E-state index is -0.531. The first-order valence-electron chi connectivity index (χ1n) is 18.5. The lowest BCUT2D eigenvalue weighted by atomic mass is 9.67. The van der Waals surface area contributed by atoms with Crippen molar-refractivity contribution in [1.29, 1.82) is 0 Å². The van der Waals surface area contributed by atoms with E-state index in [1.54, 1.807) is 0 Å². The van der Waals surface area contributed by atoms with Crippen molar-refractivity contribution >= 4 is 32.8 Å². The van der Waals surface area contributed by atoms with Crippen LogP contribution in [0.3, 0.4) is 0 Å². The molecule has 0 unspecified atom stereocenters. The quantitative estimate of drug-likeness (QED) is 0.180. The van der Waals surface area contributed by atoms with Gasteiger partial charge in [-0.25, -0.2) is 9.97 Å². The highest BCUT2D eigenvalue weighted by molar-refractivity contribution is 6.11. The molecule has 0 N–H and O–H groups in total. The molecule has 0 atom stereocenters. The van der Waals surface area contributed by atoms with E-state index in [0.29, 0.717) is 0 Å². The molecule has 1 aliphatic rings. The van der Waals surface area contributed by atoms with E-state index in [2.05, 4.69) is 193 Å². The number of fused-ring (bicyclic) bond motifs is 7. The molecule has 2 aromatic heterocycles. The highest BCUT2D eigenvalue weighted by Crippen LogP contribution is 2.56. The van der Waals surface area contributed by atoms with Gasteiger partial charge in [-0.15, -0.1) is 0 Å². The second kappa shape index (κ2) is 12.0. The standard InChI is InChI=1S/C51H33N3/c1-4-16-34(17-5-1)36-28-30-41-42-31-29-38(51(37-20-8-3-9-21-37)43-24-12-10-22-39(43)40-23-11-13-25-44(40)51)33-48(42)54(47(41)32-36)50-49(35-18-6-2-7-19-35)52-45-26-14-15-27-46(45)53-50/h1-33H. The fourth-order valence-corrected chi connectivity index (χ4v) is 8.94. The van der Waals surface area contributed by atoms with E-state index in [-0.39, 0.29) is 0 Å². The Hall–Kier alpha value is -7.10. The normalized spacial score (nSPS) is 13.0. The Morgan fingerprint density at radius 3 is 1.56 bits per heavy atom. The fraction of sp³-hybridized carbons (Fsp3) is 0.0196. The van der Waals surface area contributed by atoms with Crippen molar-refractivity contribution in [3.8, 4) is 39.3 Å². The molecule has 1 aliphatic carbocycles. The van der Waals surface area contributed by atoms with Crippen LogP contribution in [0.25, 0.3) is 72.2 Å². The van der Waals surface area contributed by atoms with Crippen molar-refractivity contribution in [2.24, 2.45) is 0 Å². The van der Waals surface area contributed by atoms with Gasteiger partial charge in [0.2, 0.25) is 0 Å². The van der Waals surface area contributed by atoms with Crippen molar-refractivity contribution in [3.05, 3.63) is 222 Å². The van der Waals surface area contributed by atoms with E-state index in [0.717, 1.165) is 44.7 Å². The summed E-state index contributed by atoms with van der Waals surface area (Å²) < 4.78 is 2.37. The first-order chi connectivity index (χ1) is 26.8. The van der Waals surface area contributed by atoms with Crippen molar-refractivity contribution in [3.63, 3.8) is 0 Å². The highest BCUT2D eigenvalue weighted by Gasteiger charge is 2.46. The summed E-state index contributed by atoms with van der Waals surface area (Å²) >= 11 is 0. The summed E-state index contributed by atoms with van der Waals surface area (Å²) in [6.07, 6.45) is 0. The summed E-state index contributed by atoms with van der Waals surface area (Å²) in [5.74, 6) is 0.809. The Kier molecular flexibility index (Phi) is 6.77. The van der Waals surface area contributed by atoms with Gasteiger partial charge in [0.1, 0.15) is 5.69 Å². The molecule has 0 amide bonds. The predicted octanol–water partition coefficient (Wildman–Crippen LogP) is 12.4. The van der Waals surface area contributed by atoms with Crippen molar-refractivity contribution in [2.75, 3.05) is 0 Å². The Morgan fingerprint density at radius 2 is 0.889 bits per heavy atom.